The van der Waals surface area contributed by atoms with E-state index in [1.165, 1.54) is 11.3 Å². The summed E-state index contributed by atoms with van der Waals surface area (Å²) in [5.41, 5.74) is 0.429. The Morgan fingerprint density at radius 3 is 2.82 bits per heavy atom. The van der Waals surface area contributed by atoms with E-state index in [0.717, 1.165) is 5.01 Å². The molecule has 2 N–H and O–H groups in total. The van der Waals surface area contributed by atoms with Crippen LogP contribution in [-0.4, -0.2) is 28.5 Å². The van der Waals surface area contributed by atoms with Gasteiger partial charge in [-0.3, -0.25) is 9.59 Å². The summed E-state index contributed by atoms with van der Waals surface area (Å²) in [5.74, 6) is -1.36. The third kappa shape index (κ3) is 4.52. The summed E-state index contributed by atoms with van der Waals surface area (Å²) in [6.45, 7) is 3.98. The molecule has 0 aliphatic carbocycles. The van der Waals surface area contributed by atoms with Crippen LogP contribution >= 0.6 is 11.3 Å². The summed E-state index contributed by atoms with van der Waals surface area (Å²) in [4.78, 5) is 26.2. The molecule has 1 aromatic heterocycles. The minimum absolute atomic E-state index is 0.197. The Kier molecular flexibility index (Phi) is 5.09. The minimum Gasteiger partial charge on any atom is -0.481 e. The highest BCUT2D eigenvalue weighted by Crippen LogP contribution is 2.08. The molecule has 0 fully saturated rings. The van der Waals surface area contributed by atoms with Crippen LogP contribution in [0.4, 0.5) is 0 Å². The van der Waals surface area contributed by atoms with Gasteiger partial charge in [0, 0.05) is 11.9 Å². The lowest BCUT2D eigenvalue weighted by molar-refractivity contribution is -0.141. The van der Waals surface area contributed by atoms with Crippen LogP contribution < -0.4 is 5.32 Å². The number of hydrogen-bond acceptors (Lipinski definition) is 4. The first-order valence-electron chi connectivity index (χ1n) is 5.44. The number of aliphatic carboxylic acids is 1. The van der Waals surface area contributed by atoms with Gasteiger partial charge in [-0.05, 0) is 19.8 Å². The van der Waals surface area contributed by atoms with Crippen molar-refractivity contribution in [3.05, 3.63) is 16.1 Å². The molecule has 1 amide bonds. The second kappa shape index (κ2) is 6.34. The Morgan fingerprint density at radius 1 is 1.59 bits per heavy atom. The van der Waals surface area contributed by atoms with Gasteiger partial charge in [-0.25, -0.2) is 4.98 Å². The van der Waals surface area contributed by atoms with Gasteiger partial charge < -0.3 is 10.4 Å². The van der Waals surface area contributed by atoms with E-state index in [1.807, 2.05) is 6.92 Å². The van der Waals surface area contributed by atoms with Crippen molar-refractivity contribution in [3.8, 4) is 0 Å². The largest absolute Gasteiger partial charge is 0.481 e. The molecule has 17 heavy (non-hydrogen) atoms. The summed E-state index contributed by atoms with van der Waals surface area (Å²) in [6, 6.07) is 0. The molecule has 0 aromatic carbocycles. The molecule has 0 aliphatic rings. The highest BCUT2D eigenvalue weighted by molar-refractivity contribution is 7.09. The van der Waals surface area contributed by atoms with Crippen molar-refractivity contribution in [2.24, 2.45) is 5.92 Å². The van der Waals surface area contributed by atoms with Crippen LogP contribution in [0.3, 0.4) is 0 Å². The first kappa shape index (κ1) is 13.6. The molecule has 0 radical (unpaired) electrons. The molecule has 0 bridgehead atoms. The Bertz CT molecular complexity index is 403. The van der Waals surface area contributed by atoms with Gasteiger partial charge in [0.2, 0.25) is 0 Å². The molecule has 94 valence electrons. The average Bonchev–Trinajstić information content (AvgIpc) is 2.70. The molecule has 1 unspecified atom stereocenters. The van der Waals surface area contributed by atoms with Gasteiger partial charge in [0.05, 0.1) is 10.9 Å². The number of carbonyl (C=O) groups excluding carboxylic acids is 1. The number of carboxylic acid groups (broad SMARTS) is 1. The molecule has 1 heterocycles. The molecule has 0 saturated heterocycles. The van der Waals surface area contributed by atoms with Crippen LogP contribution in [0.15, 0.2) is 5.38 Å². The van der Waals surface area contributed by atoms with E-state index in [9.17, 15) is 9.59 Å². The van der Waals surface area contributed by atoms with E-state index in [2.05, 4.69) is 10.3 Å². The number of hydrogen-bond donors (Lipinski definition) is 2. The maximum atomic E-state index is 11.6. The third-order valence-corrected chi connectivity index (χ3v) is 3.15. The molecular formula is C11H16N2O3S. The van der Waals surface area contributed by atoms with Crippen molar-refractivity contribution in [2.45, 2.75) is 26.7 Å². The lowest BCUT2D eigenvalue weighted by atomic mass is 10.1. The lowest BCUT2D eigenvalue weighted by Crippen LogP contribution is -2.25. The molecule has 6 heteroatoms. The van der Waals surface area contributed by atoms with E-state index < -0.39 is 5.97 Å². The van der Waals surface area contributed by atoms with Crippen molar-refractivity contribution in [2.75, 3.05) is 6.54 Å². The SMILES string of the molecule is Cc1nc(C(=O)NCCCC(C)C(=O)O)cs1. The molecule has 0 spiro atoms. The normalized spacial score (nSPS) is 12.1. The lowest BCUT2D eigenvalue weighted by Gasteiger charge is -2.06. The summed E-state index contributed by atoms with van der Waals surface area (Å²) in [7, 11) is 0. The Labute approximate surface area is 104 Å². The number of rotatable bonds is 6. The highest BCUT2D eigenvalue weighted by Gasteiger charge is 2.11. The van der Waals surface area contributed by atoms with Crippen molar-refractivity contribution >= 4 is 23.2 Å². The Balaban J connectivity index is 2.23. The highest BCUT2D eigenvalue weighted by atomic mass is 32.1. The quantitative estimate of drug-likeness (QED) is 0.759. The standard InChI is InChI=1S/C11H16N2O3S/c1-7(11(15)16)4-3-5-12-10(14)9-6-17-8(2)13-9/h6-7H,3-5H2,1-2H3,(H,12,14)(H,15,16). The number of aromatic nitrogens is 1. The molecule has 0 saturated carbocycles. The molecule has 1 aromatic rings. The van der Waals surface area contributed by atoms with Gasteiger partial charge >= 0.3 is 5.97 Å². The van der Waals surface area contributed by atoms with E-state index in [0.29, 0.717) is 25.1 Å². The average molecular weight is 256 g/mol. The molecule has 1 atom stereocenters. The maximum absolute atomic E-state index is 11.6. The van der Waals surface area contributed by atoms with Gasteiger partial charge in [0.25, 0.3) is 5.91 Å². The summed E-state index contributed by atoms with van der Waals surface area (Å²) < 4.78 is 0. The number of carboxylic acids is 1. The predicted octanol–water partition coefficient (Wildman–Crippen LogP) is 1.68. The fraction of sp³-hybridized carbons (Fsp3) is 0.545. The zero-order valence-corrected chi connectivity index (χ0v) is 10.7. The fourth-order valence-electron chi connectivity index (χ4n) is 1.29. The Hall–Kier alpha value is -1.43. The van der Waals surface area contributed by atoms with Gasteiger partial charge in [-0.15, -0.1) is 11.3 Å². The maximum Gasteiger partial charge on any atom is 0.306 e. The van der Waals surface area contributed by atoms with E-state index >= 15 is 0 Å². The van der Waals surface area contributed by atoms with Crippen LogP contribution in [-0.2, 0) is 4.79 Å². The van der Waals surface area contributed by atoms with Gasteiger partial charge in [0.1, 0.15) is 5.69 Å². The van der Waals surface area contributed by atoms with Crippen LogP contribution in [0.1, 0.15) is 35.3 Å². The molecule has 5 nitrogen and oxygen atoms in total. The topological polar surface area (TPSA) is 79.3 Å². The summed E-state index contributed by atoms with van der Waals surface area (Å²) in [5, 5.41) is 14.0. The number of nitrogens with zero attached hydrogens (tertiary/aromatic N) is 1. The molecule has 0 aliphatic heterocycles. The van der Waals surface area contributed by atoms with Crippen LogP contribution in [0, 0.1) is 12.8 Å². The number of aryl methyl sites for hydroxylation is 1. The van der Waals surface area contributed by atoms with Gasteiger partial charge in [-0.2, -0.15) is 0 Å². The number of nitrogens with one attached hydrogen (secondary N) is 1. The van der Waals surface area contributed by atoms with E-state index in [4.69, 9.17) is 5.11 Å². The van der Waals surface area contributed by atoms with Crippen LogP contribution in [0.25, 0.3) is 0 Å². The van der Waals surface area contributed by atoms with Crippen molar-refractivity contribution in [1.82, 2.24) is 10.3 Å². The van der Waals surface area contributed by atoms with Crippen LogP contribution in [0.5, 0.6) is 0 Å². The number of thiazole rings is 1. The number of carbonyl (C=O) groups is 2. The monoisotopic (exact) mass is 256 g/mol. The molecular weight excluding hydrogens is 240 g/mol. The van der Waals surface area contributed by atoms with Gasteiger partial charge in [0.15, 0.2) is 0 Å². The van der Waals surface area contributed by atoms with Crippen molar-refractivity contribution in [3.63, 3.8) is 0 Å². The zero-order valence-electron chi connectivity index (χ0n) is 9.90. The van der Waals surface area contributed by atoms with Crippen molar-refractivity contribution in [1.29, 1.82) is 0 Å². The summed E-state index contributed by atoms with van der Waals surface area (Å²) in [6.07, 6.45) is 1.22. The van der Waals surface area contributed by atoms with Gasteiger partial charge in [-0.1, -0.05) is 6.92 Å². The van der Waals surface area contributed by atoms with E-state index in [-0.39, 0.29) is 11.8 Å². The zero-order chi connectivity index (χ0) is 12.8. The summed E-state index contributed by atoms with van der Waals surface area (Å²) >= 11 is 1.43. The fourth-order valence-corrected chi connectivity index (χ4v) is 1.88. The second-order valence-electron chi connectivity index (χ2n) is 3.89. The van der Waals surface area contributed by atoms with Crippen molar-refractivity contribution < 1.29 is 14.7 Å². The first-order chi connectivity index (χ1) is 8.00. The first-order valence-corrected chi connectivity index (χ1v) is 6.32. The second-order valence-corrected chi connectivity index (χ2v) is 4.95. The van der Waals surface area contributed by atoms with E-state index in [1.54, 1.807) is 12.3 Å². The smallest absolute Gasteiger partial charge is 0.306 e. The third-order valence-electron chi connectivity index (χ3n) is 2.37. The molecule has 1 rings (SSSR count). The predicted molar refractivity (Wildman–Crippen MR) is 65.2 cm³/mol. The number of amides is 1. The minimum atomic E-state index is -0.800. The van der Waals surface area contributed by atoms with Crippen LogP contribution in [0.2, 0.25) is 0 Å². The Morgan fingerprint density at radius 2 is 2.29 bits per heavy atom.